The number of likely N-dealkylation sites (tertiary alicyclic amines) is 1. The van der Waals surface area contributed by atoms with E-state index < -0.39 is 0 Å². The number of aliphatic hydroxyl groups is 1. The van der Waals surface area contributed by atoms with Crippen LogP contribution in [0.15, 0.2) is 0 Å². The number of aliphatic hydroxyl groups excluding tert-OH is 1. The highest BCUT2D eigenvalue weighted by Crippen LogP contribution is 2.44. The maximum atomic E-state index is 12.1. The lowest BCUT2D eigenvalue weighted by atomic mass is 9.80. The second kappa shape index (κ2) is 3.78. The van der Waals surface area contributed by atoms with Crippen molar-refractivity contribution in [1.29, 1.82) is 0 Å². The highest BCUT2D eigenvalue weighted by atomic mass is 16.3. The van der Waals surface area contributed by atoms with Gasteiger partial charge in [-0.3, -0.25) is 4.79 Å². The monoisotopic (exact) mass is 211 g/mol. The first kappa shape index (κ1) is 10.9. The Balaban J connectivity index is 1.92. The second-order valence-corrected chi connectivity index (χ2v) is 5.73. The molecule has 1 amide bonds. The minimum absolute atomic E-state index is 0.182. The van der Waals surface area contributed by atoms with E-state index in [2.05, 4.69) is 13.8 Å². The number of carbonyl (C=O) groups excluding carboxylic acids is 1. The van der Waals surface area contributed by atoms with E-state index in [0.29, 0.717) is 11.8 Å². The van der Waals surface area contributed by atoms with Gasteiger partial charge in [-0.05, 0) is 18.3 Å². The molecule has 0 aromatic carbocycles. The van der Waals surface area contributed by atoms with Gasteiger partial charge in [0.2, 0.25) is 5.91 Å². The van der Waals surface area contributed by atoms with Gasteiger partial charge in [0.25, 0.3) is 0 Å². The zero-order valence-electron chi connectivity index (χ0n) is 9.70. The lowest BCUT2D eigenvalue weighted by Crippen LogP contribution is -2.54. The molecule has 15 heavy (non-hydrogen) atoms. The summed E-state index contributed by atoms with van der Waals surface area (Å²) in [5.41, 5.74) is 0.182. The predicted octanol–water partition coefficient (Wildman–Crippen LogP) is 1.26. The Labute approximate surface area is 91.5 Å². The Morgan fingerprint density at radius 3 is 2.60 bits per heavy atom. The molecule has 1 unspecified atom stereocenters. The molecule has 3 nitrogen and oxygen atoms in total. The van der Waals surface area contributed by atoms with Gasteiger partial charge in [0.1, 0.15) is 0 Å². The van der Waals surface area contributed by atoms with E-state index in [0.717, 1.165) is 19.5 Å². The molecule has 1 atom stereocenters. The number of amides is 1. The summed E-state index contributed by atoms with van der Waals surface area (Å²) in [5.74, 6) is 0.873. The molecular formula is C12H21NO2. The van der Waals surface area contributed by atoms with Crippen LogP contribution in [0.5, 0.6) is 0 Å². The fourth-order valence-electron chi connectivity index (χ4n) is 2.87. The average molecular weight is 211 g/mol. The minimum Gasteiger partial charge on any atom is -0.396 e. The SMILES string of the molecule is CC1(C)CCCC1C(=O)N1CC(CO)C1. The van der Waals surface area contributed by atoms with Crippen molar-refractivity contribution in [3.8, 4) is 0 Å². The van der Waals surface area contributed by atoms with Crippen LogP contribution >= 0.6 is 0 Å². The molecule has 3 heteroatoms. The number of hydrogen-bond acceptors (Lipinski definition) is 2. The number of nitrogens with zero attached hydrogens (tertiary/aromatic N) is 1. The van der Waals surface area contributed by atoms with Crippen LogP contribution in [-0.4, -0.2) is 35.6 Å². The quantitative estimate of drug-likeness (QED) is 0.747. The third-order valence-corrected chi connectivity index (χ3v) is 4.08. The first-order valence-corrected chi connectivity index (χ1v) is 5.94. The Hall–Kier alpha value is -0.570. The van der Waals surface area contributed by atoms with E-state index in [-0.39, 0.29) is 17.9 Å². The smallest absolute Gasteiger partial charge is 0.226 e. The molecule has 1 saturated heterocycles. The van der Waals surface area contributed by atoms with Crippen molar-refractivity contribution >= 4 is 5.91 Å². The van der Waals surface area contributed by atoms with Crippen LogP contribution in [0, 0.1) is 17.3 Å². The van der Waals surface area contributed by atoms with Gasteiger partial charge in [-0.25, -0.2) is 0 Å². The van der Waals surface area contributed by atoms with Crippen LogP contribution in [0.1, 0.15) is 33.1 Å². The normalized spacial score (nSPS) is 30.3. The molecule has 1 aliphatic heterocycles. The Kier molecular flexibility index (Phi) is 2.75. The van der Waals surface area contributed by atoms with E-state index in [1.807, 2.05) is 4.90 Å². The second-order valence-electron chi connectivity index (χ2n) is 5.73. The van der Waals surface area contributed by atoms with Gasteiger partial charge in [0.05, 0.1) is 0 Å². The maximum absolute atomic E-state index is 12.1. The molecule has 2 rings (SSSR count). The summed E-state index contributed by atoms with van der Waals surface area (Å²) >= 11 is 0. The molecule has 1 N–H and O–H groups in total. The molecule has 1 heterocycles. The van der Waals surface area contributed by atoms with Crippen LogP contribution in [-0.2, 0) is 4.79 Å². The molecule has 0 aromatic heterocycles. The van der Waals surface area contributed by atoms with Crippen LogP contribution in [0.25, 0.3) is 0 Å². The zero-order valence-corrected chi connectivity index (χ0v) is 9.70. The molecule has 1 aliphatic carbocycles. The molecular weight excluding hydrogens is 190 g/mol. The van der Waals surface area contributed by atoms with Crippen LogP contribution in [0.2, 0.25) is 0 Å². The molecule has 0 bridgehead atoms. The highest BCUT2D eigenvalue weighted by Gasteiger charge is 2.43. The van der Waals surface area contributed by atoms with Crippen molar-refractivity contribution in [2.24, 2.45) is 17.3 Å². The van der Waals surface area contributed by atoms with Crippen molar-refractivity contribution in [1.82, 2.24) is 4.90 Å². The maximum Gasteiger partial charge on any atom is 0.226 e. The van der Waals surface area contributed by atoms with Crippen LogP contribution < -0.4 is 0 Å². The summed E-state index contributed by atoms with van der Waals surface area (Å²) in [7, 11) is 0. The topological polar surface area (TPSA) is 40.5 Å². The van der Waals surface area contributed by atoms with Crippen LogP contribution in [0.4, 0.5) is 0 Å². The molecule has 0 aromatic rings. The number of rotatable bonds is 2. The molecule has 2 aliphatic rings. The van der Waals surface area contributed by atoms with Gasteiger partial charge < -0.3 is 10.0 Å². The van der Waals surface area contributed by atoms with Crippen molar-refractivity contribution in [2.45, 2.75) is 33.1 Å². The summed E-state index contributed by atoms with van der Waals surface area (Å²) < 4.78 is 0. The van der Waals surface area contributed by atoms with Gasteiger partial charge in [0.15, 0.2) is 0 Å². The number of hydrogen-bond donors (Lipinski definition) is 1. The van der Waals surface area contributed by atoms with E-state index in [1.54, 1.807) is 0 Å². The van der Waals surface area contributed by atoms with Gasteiger partial charge in [-0.1, -0.05) is 20.3 Å². The van der Waals surface area contributed by atoms with Gasteiger partial charge >= 0.3 is 0 Å². The summed E-state index contributed by atoms with van der Waals surface area (Å²) in [6, 6.07) is 0. The Morgan fingerprint density at radius 2 is 2.13 bits per heavy atom. The predicted molar refractivity (Wildman–Crippen MR) is 58.3 cm³/mol. The first-order valence-electron chi connectivity index (χ1n) is 5.94. The third-order valence-electron chi connectivity index (χ3n) is 4.08. The highest BCUT2D eigenvalue weighted by molar-refractivity contribution is 5.80. The number of carbonyl (C=O) groups is 1. The van der Waals surface area contributed by atoms with E-state index in [4.69, 9.17) is 5.11 Å². The molecule has 86 valence electrons. The van der Waals surface area contributed by atoms with Crippen molar-refractivity contribution in [2.75, 3.05) is 19.7 Å². The Bertz CT molecular complexity index is 256. The van der Waals surface area contributed by atoms with E-state index >= 15 is 0 Å². The van der Waals surface area contributed by atoms with Crippen molar-refractivity contribution in [3.63, 3.8) is 0 Å². The van der Waals surface area contributed by atoms with Crippen LogP contribution in [0.3, 0.4) is 0 Å². The molecule has 1 saturated carbocycles. The molecule has 0 radical (unpaired) electrons. The molecule has 2 fully saturated rings. The first-order chi connectivity index (χ1) is 7.04. The summed E-state index contributed by atoms with van der Waals surface area (Å²) in [6.07, 6.45) is 3.40. The summed E-state index contributed by atoms with van der Waals surface area (Å²) in [6.45, 7) is 6.15. The summed E-state index contributed by atoms with van der Waals surface area (Å²) in [5, 5.41) is 8.92. The fraction of sp³-hybridized carbons (Fsp3) is 0.917. The molecule has 0 spiro atoms. The largest absolute Gasteiger partial charge is 0.396 e. The van der Waals surface area contributed by atoms with E-state index in [1.165, 1.54) is 12.8 Å². The van der Waals surface area contributed by atoms with Crippen molar-refractivity contribution in [3.05, 3.63) is 0 Å². The van der Waals surface area contributed by atoms with E-state index in [9.17, 15) is 4.79 Å². The zero-order chi connectivity index (χ0) is 11.1. The van der Waals surface area contributed by atoms with Gasteiger partial charge in [-0.15, -0.1) is 0 Å². The fourth-order valence-corrected chi connectivity index (χ4v) is 2.87. The Morgan fingerprint density at radius 1 is 1.47 bits per heavy atom. The van der Waals surface area contributed by atoms with Gasteiger partial charge in [0, 0.05) is 31.5 Å². The average Bonchev–Trinajstić information content (AvgIpc) is 2.43. The lowest BCUT2D eigenvalue weighted by Gasteiger charge is -2.41. The minimum atomic E-state index is 0.182. The standard InChI is InChI=1S/C12H21NO2/c1-12(2)5-3-4-10(12)11(15)13-6-9(7-13)8-14/h9-10,14H,3-8H2,1-2H3. The lowest BCUT2D eigenvalue weighted by molar-refractivity contribution is -0.145. The van der Waals surface area contributed by atoms with Crippen molar-refractivity contribution < 1.29 is 9.90 Å². The third kappa shape index (κ3) is 1.89. The van der Waals surface area contributed by atoms with Gasteiger partial charge in [-0.2, -0.15) is 0 Å². The summed E-state index contributed by atoms with van der Waals surface area (Å²) in [4.78, 5) is 14.1.